The summed E-state index contributed by atoms with van der Waals surface area (Å²) >= 11 is 1.65. The minimum absolute atomic E-state index is 0.0771. The molecule has 0 aliphatic heterocycles. The van der Waals surface area contributed by atoms with Crippen molar-refractivity contribution in [3.63, 3.8) is 0 Å². The highest BCUT2D eigenvalue weighted by molar-refractivity contribution is 8.01. The Balaban J connectivity index is 2.84. The van der Waals surface area contributed by atoms with Crippen LogP contribution in [-0.2, 0) is 9.84 Å². The van der Waals surface area contributed by atoms with Gasteiger partial charge in [-0.05, 0) is 18.6 Å². The zero-order valence-corrected chi connectivity index (χ0v) is 13.0. The van der Waals surface area contributed by atoms with Gasteiger partial charge in [0.2, 0.25) is 0 Å². The Kier molecular flexibility index (Phi) is 4.72. The van der Waals surface area contributed by atoms with Gasteiger partial charge in [0.25, 0.3) is 0 Å². The summed E-state index contributed by atoms with van der Waals surface area (Å²) in [5.74, 6) is 0.710. The lowest BCUT2D eigenvalue weighted by Crippen LogP contribution is -2.15. The number of thioether (sulfide) groups is 1. The highest BCUT2D eigenvalue weighted by Gasteiger charge is 2.20. The van der Waals surface area contributed by atoms with Crippen LogP contribution in [0.1, 0.15) is 26.3 Å². The van der Waals surface area contributed by atoms with E-state index in [0.29, 0.717) is 11.4 Å². The Morgan fingerprint density at radius 2 is 1.89 bits per heavy atom. The van der Waals surface area contributed by atoms with E-state index in [1.807, 2.05) is 13.0 Å². The molecule has 2 N–H and O–H groups in total. The second-order valence-electron chi connectivity index (χ2n) is 5.27. The van der Waals surface area contributed by atoms with E-state index in [9.17, 15) is 8.42 Å². The molecule has 0 radical (unpaired) electrons. The van der Waals surface area contributed by atoms with Crippen molar-refractivity contribution in [2.24, 2.45) is 0 Å². The number of benzene rings is 1. The molecule has 0 aliphatic rings. The number of sulfone groups is 1. The molecule has 0 saturated heterocycles. The molecule has 3 nitrogen and oxygen atoms in total. The molecular formula is C13H21NO2S2. The SMILES string of the molecule is Cc1cccc(S(=O)(=O)CCSC(C)(C)C)c1N. The molecule has 5 heteroatoms. The number of nitrogen functional groups attached to an aromatic ring is 1. The van der Waals surface area contributed by atoms with Crippen molar-refractivity contribution in [2.75, 3.05) is 17.2 Å². The predicted molar refractivity (Wildman–Crippen MR) is 79.9 cm³/mol. The minimum atomic E-state index is -3.28. The lowest BCUT2D eigenvalue weighted by Gasteiger charge is -2.17. The fourth-order valence-corrected chi connectivity index (χ4v) is 4.32. The third-order valence-electron chi connectivity index (χ3n) is 2.51. The molecule has 1 aromatic carbocycles. The van der Waals surface area contributed by atoms with E-state index in [1.54, 1.807) is 23.9 Å². The van der Waals surface area contributed by atoms with E-state index in [-0.39, 0.29) is 15.4 Å². The molecule has 0 saturated carbocycles. The molecule has 18 heavy (non-hydrogen) atoms. The van der Waals surface area contributed by atoms with Crippen molar-refractivity contribution in [3.8, 4) is 0 Å². The average molecular weight is 287 g/mol. The summed E-state index contributed by atoms with van der Waals surface area (Å²) in [5.41, 5.74) is 7.02. The summed E-state index contributed by atoms with van der Waals surface area (Å²) in [7, 11) is -3.28. The molecule has 1 aromatic rings. The van der Waals surface area contributed by atoms with Crippen molar-refractivity contribution in [3.05, 3.63) is 23.8 Å². The second-order valence-corrected chi connectivity index (χ2v) is 9.27. The summed E-state index contributed by atoms with van der Waals surface area (Å²) in [6.45, 7) is 8.04. The lowest BCUT2D eigenvalue weighted by atomic mass is 10.2. The van der Waals surface area contributed by atoms with E-state index < -0.39 is 9.84 Å². The number of hydrogen-bond donors (Lipinski definition) is 1. The van der Waals surface area contributed by atoms with Crippen LogP contribution in [0, 0.1) is 6.92 Å². The molecule has 0 fully saturated rings. The first-order chi connectivity index (χ1) is 8.13. The van der Waals surface area contributed by atoms with Gasteiger partial charge in [-0.2, -0.15) is 11.8 Å². The number of aryl methyl sites for hydroxylation is 1. The lowest BCUT2D eigenvalue weighted by molar-refractivity contribution is 0.598. The summed E-state index contributed by atoms with van der Waals surface area (Å²) in [5, 5.41) is 0. The van der Waals surface area contributed by atoms with Crippen LogP contribution >= 0.6 is 11.8 Å². The molecular weight excluding hydrogens is 266 g/mol. The number of anilines is 1. The van der Waals surface area contributed by atoms with Gasteiger partial charge in [0, 0.05) is 10.5 Å². The van der Waals surface area contributed by atoms with E-state index in [0.717, 1.165) is 5.56 Å². The van der Waals surface area contributed by atoms with Crippen LogP contribution in [-0.4, -0.2) is 24.7 Å². The average Bonchev–Trinajstić information content (AvgIpc) is 2.19. The van der Waals surface area contributed by atoms with Crippen LogP contribution in [0.15, 0.2) is 23.1 Å². The molecule has 0 amide bonds. The third-order valence-corrected chi connectivity index (χ3v) is 5.81. The first kappa shape index (κ1) is 15.4. The highest BCUT2D eigenvalue weighted by Crippen LogP contribution is 2.26. The van der Waals surface area contributed by atoms with Gasteiger partial charge in [-0.25, -0.2) is 8.42 Å². The minimum Gasteiger partial charge on any atom is -0.397 e. The van der Waals surface area contributed by atoms with Crippen molar-refractivity contribution in [1.29, 1.82) is 0 Å². The molecule has 0 aromatic heterocycles. The maximum absolute atomic E-state index is 12.2. The summed E-state index contributed by atoms with van der Waals surface area (Å²) < 4.78 is 24.5. The van der Waals surface area contributed by atoms with E-state index in [2.05, 4.69) is 20.8 Å². The maximum atomic E-state index is 12.2. The van der Waals surface area contributed by atoms with Crippen LogP contribution in [0.25, 0.3) is 0 Å². The van der Waals surface area contributed by atoms with Gasteiger partial charge in [-0.1, -0.05) is 32.9 Å². The molecule has 1 rings (SSSR count). The van der Waals surface area contributed by atoms with Gasteiger partial charge >= 0.3 is 0 Å². The smallest absolute Gasteiger partial charge is 0.181 e. The van der Waals surface area contributed by atoms with Gasteiger partial charge in [0.15, 0.2) is 9.84 Å². The maximum Gasteiger partial charge on any atom is 0.181 e. The van der Waals surface area contributed by atoms with Gasteiger partial charge in [-0.3, -0.25) is 0 Å². The van der Waals surface area contributed by atoms with Gasteiger partial charge in [0.05, 0.1) is 16.3 Å². The number of rotatable bonds is 4. The first-order valence-electron chi connectivity index (χ1n) is 5.85. The summed E-state index contributed by atoms with van der Waals surface area (Å²) in [6, 6.07) is 5.13. The molecule has 102 valence electrons. The van der Waals surface area contributed by atoms with Crippen LogP contribution < -0.4 is 5.73 Å². The third kappa shape index (κ3) is 4.21. The van der Waals surface area contributed by atoms with Crippen LogP contribution in [0.3, 0.4) is 0 Å². The standard InChI is InChI=1S/C13H21NO2S2/c1-10-6-5-7-11(12(10)14)18(15,16)9-8-17-13(2,3)4/h5-7H,8-9,14H2,1-4H3. The fraction of sp³-hybridized carbons (Fsp3) is 0.538. The number of hydrogen-bond acceptors (Lipinski definition) is 4. The van der Waals surface area contributed by atoms with E-state index >= 15 is 0 Å². The second kappa shape index (κ2) is 5.53. The Morgan fingerprint density at radius 3 is 2.44 bits per heavy atom. The number of nitrogens with two attached hydrogens (primary N) is 1. The van der Waals surface area contributed by atoms with Crippen LogP contribution in [0.5, 0.6) is 0 Å². The quantitative estimate of drug-likeness (QED) is 0.865. The molecule has 0 heterocycles. The van der Waals surface area contributed by atoms with Crippen molar-refractivity contribution >= 4 is 27.3 Å². The Bertz CT molecular complexity index is 516. The normalized spacial score (nSPS) is 12.7. The van der Waals surface area contributed by atoms with Crippen LogP contribution in [0.2, 0.25) is 0 Å². The Hall–Kier alpha value is -0.680. The fourth-order valence-electron chi connectivity index (χ4n) is 1.49. The molecule has 0 spiro atoms. The van der Waals surface area contributed by atoms with Gasteiger partial charge < -0.3 is 5.73 Å². The largest absolute Gasteiger partial charge is 0.397 e. The van der Waals surface area contributed by atoms with Crippen molar-refractivity contribution < 1.29 is 8.42 Å². The monoisotopic (exact) mass is 287 g/mol. The van der Waals surface area contributed by atoms with E-state index in [1.165, 1.54) is 0 Å². The van der Waals surface area contributed by atoms with Crippen LogP contribution in [0.4, 0.5) is 5.69 Å². The zero-order valence-electron chi connectivity index (χ0n) is 11.4. The van der Waals surface area contributed by atoms with Crippen molar-refractivity contribution in [2.45, 2.75) is 37.3 Å². The summed E-state index contributed by atoms with van der Waals surface area (Å²) in [4.78, 5) is 0.261. The summed E-state index contributed by atoms with van der Waals surface area (Å²) in [6.07, 6.45) is 0. The molecule has 0 atom stereocenters. The molecule has 0 aliphatic carbocycles. The van der Waals surface area contributed by atoms with Crippen molar-refractivity contribution in [1.82, 2.24) is 0 Å². The van der Waals surface area contributed by atoms with Gasteiger partial charge in [-0.15, -0.1) is 0 Å². The Labute approximate surface area is 114 Å². The topological polar surface area (TPSA) is 60.2 Å². The van der Waals surface area contributed by atoms with E-state index in [4.69, 9.17) is 5.73 Å². The highest BCUT2D eigenvalue weighted by atomic mass is 32.2. The zero-order chi connectivity index (χ0) is 14.0. The molecule has 0 unspecified atom stereocenters. The Morgan fingerprint density at radius 1 is 1.28 bits per heavy atom. The predicted octanol–water partition coefficient (Wildman–Crippen LogP) is 2.88. The number of para-hydroxylation sites is 1. The van der Waals surface area contributed by atoms with Gasteiger partial charge in [0.1, 0.15) is 0 Å². The molecule has 0 bridgehead atoms. The first-order valence-corrected chi connectivity index (χ1v) is 8.49.